The smallest absolute Gasteiger partial charge is 0.273 e. The largest absolute Gasteiger partial charge is 0.355 e. The van der Waals surface area contributed by atoms with E-state index >= 15 is 0 Å². The molecule has 27 heavy (non-hydrogen) atoms. The van der Waals surface area contributed by atoms with Crippen LogP contribution in [0.15, 0.2) is 33.7 Å². The number of hydrogen-bond acceptors (Lipinski definition) is 5. The number of benzene rings is 1. The van der Waals surface area contributed by atoms with Crippen LogP contribution >= 0.6 is 11.8 Å². The number of amides is 1. The molecule has 144 valence electrons. The monoisotopic (exact) mass is 385 g/mol. The van der Waals surface area contributed by atoms with Crippen molar-refractivity contribution in [3.05, 3.63) is 35.5 Å². The van der Waals surface area contributed by atoms with Crippen molar-refractivity contribution < 1.29 is 9.32 Å². The molecule has 5 nitrogen and oxygen atoms in total. The van der Waals surface area contributed by atoms with Gasteiger partial charge in [-0.3, -0.25) is 9.69 Å². The molecule has 6 heteroatoms. The highest BCUT2D eigenvalue weighted by molar-refractivity contribution is 7.98. The first kappa shape index (κ1) is 18.6. The molecule has 2 atom stereocenters. The Morgan fingerprint density at radius 3 is 2.89 bits per heavy atom. The summed E-state index contributed by atoms with van der Waals surface area (Å²) in [5, 5.41) is 7.11. The fourth-order valence-corrected chi connectivity index (χ4v) is 5.28. The predicted octanol–water partition coefficient (Wildman–Crippen LogP) is 4.33. The van der Waals surface area contributed by atoms with Crippen molar-refractivity contribution in [2.24, 2.45) is 0 Å². The molecule has 0 aliphatic carbocycles. The number of thioether (sulfide) groups is 1. The van der Waals surface area contributed by atoms with Crippen molar-refractivity contribution in [2.75, 3.05) is 13.1 Å². The molecule has 1 aromatic heterocycles. The molecule has 0 saturated carbocycles. The summed E-state index contributed by atoms with van der Waals surface area (Å²) < 4.78 is 5.53. The molecule has 3 heterocycles. The summed E-state index contributed by atoms with van der Waals surface area (Å²) in [5.74, 6) is 1.34. The average Bonchev–Trinajstić information content (AvgIpc) is 3.11. The van der Waals surface area contributed by atoms with Crippen LogP contribution in [-0.4, -0.2) is 41.1 Å². The topological polar surface area (TPSA) is 58.4 Å². The number of nitrogens with one attached hydrogen (secondary N) is 1. The van der Waals surface area contributed by atoms with Gasteiger partial charge in [0.15, 0.2) is 11.5 Å². The molecule has 4 rings (SSSR count). The van der Waals surface area contributed by atoms with Crippen molar-refractivity contribution in [1.29, 1.82) is 0 Å². The standard InChI is InChI=1S/C21H27N3O2S/c1-14-7-5-8-15(2)24(14)12-6-11-22-21(25)19-17-13-27-18-10-4-3-9-16(18)20(17)26-23-19/h3-4,9-10,14-15H,5-8,11-13H2,1-2H3,(H,22,25)/t14-,15+. The Kier molecular flexibility index (Phi) is 5.55. The predicted molar refractivity (Wildman–Crippen MR) is 108 cm³/mol. The Bertz CT molecular complexity index is 810. The zero-order valence-corrected chi connectivity index (χ0v) is 16.8. The Hall–Kier alpha value is -1.79. The molecule has 1 fully saturated rings. The van der Waals surface area contributed by atoms with E-state index in [-0.39, 0.29) is 5.91 Å². The number of nitrogens with zero attached hydrogens (tertiary/aromatic N) is 2. The molecule has 1 saturated heterocycles. The number of aromatic nitrogens is 1. The second-order valence-corrected chi connectivity index (χ2v) is 8.62. The van der Waals surface area contributed by atoms with E-state index in [4.69, 9.17) is 4.52 Å². The van der Waals surface area contributed by atoms with E-state index in [2.05, 4.69) is 35.3 Å². The van der Waals surface area contributed by atoms with E-state index in [9.17, 15) is 4.79 Å². The molecule has 1 N–H and O–H groups in total. The number of fused-ring (bicyclic) bond motifs is 3. The Balaban J connectivity index is 1.34. The Morgan fingerprint density at radius 2 is 2.07 bits per heavy atom. The lowest BCUT2D eigenvalue weighted by molar-refractivity contribution is 0.0918. The molecule has 2 aromatic rings. The van der Waals surface area contributed by atoms with Crippen molar-refractivity contribution in [3.63, 3.8) is 0 Å². The highest BCUT2D eigenvalue weighted by Gasteiger charge is 2.28. The molecule has 2 aliphatic heterocycles. The van der Waals surface area contributed by atoms with Gasteiger partial charge in [-0.1, -0.05) is 23.7 Å². The zero-order valence-electron chi connectivity index (χ0n) is 16.0. The van der Waals surface area contributed by atoms with Crippen LogP contribution in [0.25, 0.3) is 11.3 Å². The third-order valence-electron chi connectivity index (χ3n) is 5.76. The molecular weight excluding hydrogens is 358 g/mol. The van der Waals surface area contributed by atoms with Crippen LogP contribution in [0.1, 0.15) is 55.6 Å². The maximum atomic E-state index is 12.6. The van der Waals surface area contributed by atoms with Gasteiger partial charge in [0.25, 0.3) is 5.91 Å². The SMILES string of the molecule is C[C@@H]1CCC[C@H](C)N1CCCNC(=O)c1noc2c1CSc1ccccc1-2. The van der Waals surface area contributed by atoms with Gasteiger partial charge in [0, 0.05) is 46.9 Å². The quantitative estimate of drug-likeness (QED) is 0.777. The average molecular weight is 386 g/mol. The van der Waals surface area contributed by atoms with Crippen LogP contribution in [0.5, 0.6) is 0 Å². The van der Waals surface area contributed by atoms with Gasteiger partial charge in [0.05, 0.1) is 0 Å². The number of piperidine rings is 1. The minimum absolute atomic E-state index is 0.125. The number of likely N-dealkylation sites (tertiary alicyclic amines) is 1. The number of rotatable bonds is 5. The minimum atomic E-state index is -0.125. The molecule has 0 unspecified atom stereocenters. The molecule has 1 aromatic carbocycles. The first-order chi connectivity index (χ1) is 13.1. The van der Waals surface area contributed by atoms with Gasteiger partial charge in [-0.05, 0) is 45.2 Å². The van der Waals surface area contributed by atoms with Crippen molar-refractivity contribution in [3.8, 4) is 11.3 Å². The van der Waals surface area contributed by atoms with Crippen molar-refractivity contribution in [1.82, 2.24) is 15.4 Å². The van der Waals surface area contributed by atoms with Crippen LogP contribution < -0.4 is 5.32 Å². The highest BCUT2D eigenvalue weighted by Crippen LogP contribution is 2.42. The van der Waals surface area contributed by atoms with Gasteiger partial charge < -0.3 is 9.84 Å². The van der Waals surface area contributed by atoms with E-state index in [1.807, 2.05) is 18.2 Å². The van der Waals surface area contributed by atoms with Crippen LogP contribution in [-0.2, 0) is 5.75 Å². The first-order valence-electron chi connectivity index (χ1n) is 9.90. The van der Waals surface area contributed by atoms with Gasteiger partial charge in [0.2, 0.25) is 0 Å². The Morgan fingerprint density at radius 1 is 1.30 bits per heavy atom. The van der Waals surface area contributed by atoms with Gasteiger partial charge in [-0.15, -0.1) is 11.8 Å². The molecule has 2 aliphatic rings. The fraction of sp³-hybridized carbons (Fsp3) is 0.524. The number of hydrogen-bond donors (Lipinski definition) is 1. The van der Waals surface area contributed by atoms with Crippen LogP contribution in [0.2, 0.25) is 0 Å². The second-order valence-electron chi connectivity index (χ2n) is 7.60. The lowest BCUT2D eigenvalue weighted by Gasteiger charge is -2.39. The first-order valence-corrected chi connectivity index (χ1v) is 10.9. The van der Waals surface area contributed by atoms with Gasteiger partial charge >= 0.3 is 0 Å². The molecule has 0 spiro atoms. The third kappa shape index (κ3) is 3.78. The number of carbonyl (C=O) groups is 1. The molecule has 0 bridgehead atoms. The summed E-state index contributed by atoms with van der Waals surface area (Å²) in [6.45, 7) is 6.32. The second kappa shape index (κ2) is 8.07. The summed E-state index contributed by atoms with van der Waals surface area (Å²) in [4.78, 5) is 16.4. The van der Waals surface area contributed by atoms with Crippen molar-refractivity contribution >= 4 is 17.7 Å². The summed E-state index contributed by atoms with van der Waals surface area (Å²) in [5.41, 5.74) is 2.38. The van der Waals surface area contributed by atoms with Gasteiger partial charge in [-0.25, -0.2) is 0 Å². The highest BCUT2D eigenvalue weighted by atomic mass is 32.2. The van der Waals surface area contributed by atoms with Gasteiger partial charge in [-0.2, -0.15) is 0 Å². The van der Waals surface area contributed by atoms with Crippen molar-refractivity contribution in [2.45, 2.75) is 62.3 Å². The summed E-state index contributed by atoms with van der Waals surface area (Å²) >= 11 is 1.73. The summed E-state index contributed by atoms with van der Waals surface area (Å²) in [7, 11) is 0. The molecule has 0 radical (unpaired) electrons. The fourth-order valence-electron chi connectivity index (χ4n) is 4.23. The van der Waals surface area contributed by atoms with E-state index in [0.29, 0.717) is 24.3 Å². The lowest BCUT2D eigenvalue weighted by Crippen LogP contribution is -2.44. The van der Waals surface area contributed by atoms with E-state index in [1.165, 1.54) is 24.2 Å². The van der Waals surface area contributed by atoms with E-state index in [0.717, 1.165) is 35.6 Å². The summed E-state index contributed by atoms with van der Waals surface area (Å²) in [6.07, 6.45) is 4.84. The maximum Gasteiger partial charge on any atom is 0.273 e. The van der Waals surface area contributed by atoms with Crippen LogP contribution in [0.3, 0.4) is 0 Å². The van der Waals surface area contributed by atoms with Crippen LogP contribution in [0.4, 0.5) is 0 Å². The Labute approximate surface area is 164 Å². The normalized spacial score (nSPS) is 22.1. The maximum absolute atomic E-state index is 12.6. The minimum Gasteiger partial charge on any atom is -0.355 e. The lowest BCUT2D eigenvalue weighted by atomic mass is 9.97. The summed E-state index contributed by atoms with van der Waals surface area (Å²) in [6, 6.07) is 9.39. The van der Waals surface area contributed by atoms with E-state index < -0.39 is 0 Å². The molecule has 1 amide bonds. The van der Waals surface area contributed by atoms with E-state index in [1.54, 1.807) is 11.8 Å². The van der Waals surface area contributed by atoms with Crippen LogP contribution in [0, 0.1) is 0 Å². The third-order valence-corrected chi connectivity index (χ3v) is 6.86. The van der Waals surface area contributed by atoms with Gasteiger partial charge in [0.1, 0.15) is 0 Å². The molecular formula is C21H27N3O2S. The zero-order chi connectivity index (χ0) is 18.8. The number of carbonyl (C=O) groups excluding carboxylic acids is 1.